The van der Waals surface area contributed by atoms with Gasteiger partial charge >= 0.3 is 5.97 Å². The number of carbonyl (C=O) groups excluding carboxylic acids is 3. The van der Waals surface area contributed by atoms with Crippen molar-refractivity contribution in [1.82, 2.24) is 4.90 Å². The lowest BCUT2D eigenvalue weighted by molar-refractivity contribution is -0.158. The molecule has 1 amide bonds. The van der Waals surface area contributed by atoms with Gasteiger partial charge in [-0.1, -0.05) is 18.2 Å². The Hall–Kier alpha value is -2.96. The molecule has 0 N–H and O–H groups in total. The van der Waals surface area contributed by atoms with Crippen LogP contribution in [0.4, 0.5) is 4.39 Å². The zero-order valence-corrected chi connectivity index (χ0v) is 17.6. The van der Waals surface area contributed by atoms with E-state index in [-0.39, 0.29) is 42.6 Å². The third-order valence-electron chi connectivity index (χ3n) is 6.24. The minimum absolute atomic E-state index is 0.0848. The fourth-order valence-electron chi connectivity index (χ4n) is 4.73. The average Bonchev–Trinajstić information content (AvgIpc) is 3.21. The molecule has 0 unspecified atom stereocenters. The lowest BCUT2D eigenvalue weighted by atomic mass is 9.74. The van der Waals surface area contributed by atoms with Crippen molar-refractivity contribution >= 4 is 17.7 Å². The summed E-state index contributed by atoms with van der Waals surface area (Å²) in [7, 11) is 0. The number of ether oxygens (including phenoxy) is 1. The summed E-state index contributed by atoms with van der Waals surface area (Å²) in [6, 6.07) is 6.35. The van der Waals surface area contributed by atoms with Crippen LogP contribution in [0.5, 0.6) is 0 Å². The summed E-state index contributed by atoms with van der Waals surface area (Å²) < 4.78 is 25.3. The first kappa shape index (κ1) is 21.3. The number of likely N-dealkylation sites (tertiary alicyclic amines) is 1. The number of aryl methyl sites for hydroxylation is 1. The number of halogens is 1. The van der Waals surface area contributed by atoms with Crippen LogP contribution in [0.15, 0.2) is 34.9 Å². The van der Waals surface area contributed by atoms with Crippen LogP contribution < -0.4 is 0 Å². The van der Waals surface area contributed by atoms with Gasteiger partial charge in [-0.3, -0.25) is 14.4 Å². The van der Waals surface area contributed by atoms with Crippen LogP contribution >= 0.6 is 0 Å². The van der Waals surface area contributed by atoms with Gasteiger partial charge < -0.3 is 14.1 Å². The lowest BCUT2D eigenvalue weighted by Crippen LogP contribution is -2.51. The molecule has 2 aromatic rings. The molecule has 0 saturated carbocycles. The molecule has 0 radical (unpaired) electrons. The van der Waals surface area contributed by atoms with Crippen molar-refractivity contribution in [3.8, 4) is 0 Å². The minimum Gasteiger partial charge on any atom is -0.468 e. The molecule has 0 spiro atoms. The fourth-order valence-corrected chi connectivity index (χ4v) is 4.73. The first-order valence-electron chi connectivity index (χ1n) is 10.8. The number of Topliss-reactive ketones (excluding diaryl/α,β-unsaturated/α-hetero) is 1. The normalized spacial score (nSPS) is 21.0. The van der Waals surface area contributed by atoms with Gasteiger partial charge in [0.25, 0.3) is 5.91 Å². The van der Waals surface area contributed by atoms with Crippen molar-refractivity contribution in [2.45, 2.75) is 45.4 Å². The largest absolute Gasteiger partial charge is 0.468 e. The number of piperidine rings is 1. The highest BCUT2D eigenvalue weighted by molar-refractivity contribution is 6.09. The molecule has 1 aromatic heterocycles. The van der Waals surface area contributed by atoms with E-state index in [1.165, 1.54) is 12.3 Å². The number of carbonyl (C=O) groups is 3. The number of esters is 1. The molecule has 31 heavy (non-hydrogen) atoms. The highest BCUT2D eigenvalue weighted by Gasteiger charge is 2.46. The molecular formula is C24H26FNO5. The van der Waals surface area contributed by atoms with Crippen LogP contribution in [0.25, 0.3) is 0 Å². The molecule has 1 fully saturated rings. The van der Waals surface area contributed by atoms with Gasteiger partial charge in [-0.2, -0.15) is 0 Å². The molecule has 1 aliphatic carbocycles. The van der Waals surface area contributed by atoms with Gasteiger partial charge in [-0.25, -0.2) is 4.39 Å². The third-order valence-corrected chi connectivity index (χ3v) is 6.24. The molecule has 7 heteroatoms. The monoisotopic (exact) mass is 427 g/mol. The predicted octanol–water partition coefficient (Wildman–Crippen LogP) is 3.97. The van der Waals surface area contributed by atoms with E-state index in [1.807, 2.05) is 0 Å². The van der Waals surface area contributed by atoms with Crippen molar-refractivity contribution in [1.29, 1.82) is 0 Å². The molecule has 4 rings (SSSR count). The molecular weight excluding hydrogens is 401 g/mol. The van der Waals surface area contributed by atoms with Crippen LogP contribution in [0.3, 0.4) is 0 Å². The summed E-state index contributed by atoms with van der Waals surface area (Å²) in [4.78, 5) is 40.4. The third kappa shape index (κ3) is 4.01. The Morgan fingerprint density at radius 2 is 2.03 bits per heavy atom. The molecule has 1 aliphatic heterocycles. The number of benzene rings is 1. The van der Waals surface area contributed by atoms with Gasteiger partial charge in [0.2, 0.25) is 0 Å². The van der Waals surface area contributed by atoms with E-state index in [0.717, 1.165) is 0 Å². The number of rotatable bonds is 5. The summed E-state index contributed by atoms with van der Waals surface area (Å²) >= 11 is 0. The maximum Gasteiger partial charge on any atom is 0.314 e. The van der Waals surface area contributed by atoms with Gasteiger partial charge in [0.1, 0.15) is 17.8 Å². The highest BCUT2D eigenvalue weighted by atomic mass is 19.1. The quantitative estimate of drug-likeness (QED) is 0.675. The molecule has 164 valence electrons. The second kappa shape index (κ2) is 8.65. The topological polar surface area (TPSA) is 76.8 Å². The Labute approximate surface area is 180 Å². The van der Waals surface area contributed by atoms with Gasteiger partial charge in [0.15, 0.2) is 5.78 Å². The Morgan fingerprint density at radius 3 is 2.81 bits per heavy atom. The molecule has 2 aliphatic rings. The molecule has 1 atom stereocenters. The fraction of sp³-hybridized carbons (Fsp3) is 0.458. The van der Waals surface area contributed by atoms with E-state index in [9.17, 15) is 18.8 Å². The maximum atomic E-state index is 14.4. The van der Waals surface area contributed by atoms with Crippen molar-refractivity contribution in [3.05, 3.63) is 58.8 Å². The van der Waals surface area contributed by atoms with E-state index < -0.39 is 11.4 Å². The molecule has 1 saturated heterocycles. The number of fused-ring (bicyclic) bond motifs is 1. The van der Waals surface area contributed by atoms with E-state index in [2.05, 4.69) is 0 Å². The van der Waals surface area contributed by atoms with Crippen molar-refractivity contribution in [2.75, 3.05) is 19.7 Å². The standard InChI is InChI=1S/C24H26FNO5/c1-2-30-23(29)24(13-16-7-3-4-8-18(16)25)11-6-12-26(15-24)22(28)17-14-31-20-10-5-9-19(27)21(17)20/h3-4,7-8,14H,2,5-6,9-13,15H2,1H3/t24-/m0/s1. The summed E-state index contributed by atoms with van der Waals surface area (Å²) in [6.07, 6.45) is 4.31. The van der Waals surface area contributed by atoms with Gasteiger partial charge in [0, 0.05) is 25.9 Å². The van der Waals surface area contributed by atoms with E-state index in [1.54, 1.807) is 30.0 Å². The van der Waals surface area contributed by atoms with Crippen LogP contribution in [0.1, 0.15) is 64.6 Å². The van der Waals surface area contributed by atoms with Gasteiger partial charge in [-0.15, -0.1) is 0 Å². The van der Waals surface area contributed by atoms with E-state index in [0.29, 0.717) is 55.5 Å². The van der Waals surface area contributed by atoms with Crippen LogP contribution in [0, 0.1) is 11.2 Å². The van der Waals surface area contributed by atoms with Gasteiger partial charge in [-0.05, 0) is 44.2 Å². The first-order chi connectivity index (χ1) is 14.9. The highest BCUT2D eigenvalue weighted by Crippen LogP contribution is 2.37. The molecule has 1 aromatic carbocycles. The van der Waals surface area contributed by atoms with Crippen molar-refractivity contribution < 1.29 is 27.9 Å². The Balaban J connectivity index is 1.64. The zero-order chi connectivity index (χ0) is 22.0. The Kier molecular flexibility index (Phi) is 5.94. The second-order valence-corrected chi connectivity index (χ2v) is 8.32. The number of hydrogen-bond acceptors (Lipinski definition) is 5. The summed E-state index contributed by atoms with van der Waals surface area (Å²) in [5, 5.41) is 0. The van der Waals surface area contributed by atoms with E-state index >= 15 is 0 Å². The molecule has 6 nitrogen and oxygen atoms in total. The second-order valence-electron chi connectivity index (χ2n) is 8.32. The number of ketones is 1. The maximum absolute atomic E-state index is 14.4. The summed E-state index contributed by atoms with van der Waals surface area (Å²) in [6.45, 7) is 2.48. The first-order valence-corrected chi connectivity index (χ1v) is 10.8. The smallest absolute Gasteiger partial charge is 0.314 e. The number of amides is 1. The average molecular weight is 427 g/mol. The predicted molar refractivity (Wildman–Crippen MR) is 110 cm³/mol. The van der Waals surface area contributed by atoms with Crippen LogP contribution in [0.2, 0.25) is 0 Å². The summed E-state index contributed by atoms with van der Waals surface area (Å²) in [5.41, 5.74) is 0.00328. The van der Waals surface area contributed by atoms with Crippen molar-refractivity contribution in [3.63, 3.8) is 0 Å². The Morgan fingerprint density at radius 1 is 1.23 bits per heavy atom. The summed E-state index contributed by atoms with van der Waals surface area (Å²) in [5.74, 6) is -0.676. The van der Waals surface area contributed by atoms with Crippen LogP contribution in [-0.2, 0) is 22.4 Å². The minimum atomic E-state index is -1.04. The molecule has 2 heterocycles. The van der Waals surface area contributed by atoms with Crippen molar-refractivity contribution in [2.24, 2.45) is 5.41 Å². The van der Waals surface area contributed by atoms with E-state index in [4.69, 9.17) is 9.15 Å². The number of furan rings is 1. The van der Waals surface area contributed by atoms with Gasteiger partial charge in [0.05, 0.1) is 23.1 Å². The number of nitrogens with zero attached hydrogens (tertiary/aromatic N) is 1. The Bertz CT molecular complexity index is 1010. The van der Waals surface area contributed by atoms with Crippen LogP contribution in [-0.4, -0.2) is 42.3 Å². The lowest BCUT2D eigenvalue weighted by Gasteiger charge is -2.41. The zero-order valence-electron chi connectivity index (χ0n) is 17.6. The number of hydrogen-bond donors (Lipinski definition) is 0. The molecule has 0 bridgehead atoms. The SMILES string of the molecule is CCOC(=O)[C@]1(Cc2ccccc2F)CCCN(C(=O)c2coc3c2C(=O)CCC3)C1.